The number of sulfonamides is 1. The highest BCUT2D eigenvalue weighted by atomic mass is 32.2. The quantitative estimate of drug-likeness (QED) is 0.849. The van der Waals surface area contributed by atoms with Crippen molar-refractivity contribution in [3.05, 3.63) is 48.0 Å². The smallest absolute Gasteiger partial charge is 0.264 e. The second-order valence-corrected chi connectivity index (χ2v) is 7.60. The Morgan fingerprint density at radius 1 is 1.04 bits per heavy atom. The van der Waals surface area contributed by atoms with E-state index in [1.165, 1.54) is 4.31 Å². The van der Waals surface area contributed by atoms with E-state index in [4.69, 9.17) is 9.47 Å². The molecule has 6 heteroatoms. The zero-order valence-corrected chi connectivity index (χ0v) is 13.5. The van der Waals surface area contributed by atoms with Gasteiger partial charge in [-0.1, -0.05) is 18.2 Å². The van der Waals surface area contributed by atoms with E-state index < -0.39 is 10.0 Å². The largest absolute Gasteiger partial charge is 0.486 e. The van der Waals surface area contributed by atoms with E-state index in [0.29, 0.717) is 24.7 Å². The lowest BCUT2D eigenvalue weighted by Gasteiger charge is -2.25. The minimum Gasteiger partial charge on any atom is -0.486 e. The normalized spacial score (nSPS) is 19.5. The number of hydrogen-bond acceptors (Lipinski definition) is 4. The Bertz CT molecular complexity index is 863. The van der Waals surface area contributed by atoms with Crippen molar-refractivity contribution in [2.24, 2.45) is 0 Å². The summed E-state index contributed by atoms with van der Waals surface area (Å²) < 4.78 is 38.7. The van der Waals surface area contributed by atoms with Crippen LogP contribution in [0, 0.1) is 0 Å². The van der Waals surface area contributed by atoms with Crippen LogP contribution in [0.3, 0.4) is 0 Å². The van der Waals surface area contributed by atoms with Crippen LogP contribution in [-0.4, -0.2) is 27.7 Å². The zero-order valence-electron chi connectivity index (χ0n) is 12.7. The van der Waals surface area contributed by atoms with Gasteiger partial charge in [0.1, 0.15) is 13.2 Å². The number of para-hydroxylation sites is 1. The van der Waals surface area contributed by atoms with Crippen molar-refractivity contribution in [1.29, 1.82) is 0 Å². The Morgan fingerprint density at radius 3 is 2.61 bits per heavy atom. The molecule has 23 heavy (non-hydrogen) atoms. The summed E-state index contributed by atoms with van der Waals surface area (Å²) >= 11 is 0. The van der Waals surface area contributed by atoms with Gasteiger partial charge in [0.15, 0.2) is 11.5 Å². The van der Waals surface area contributed by atoms with E-state index in [2.05, 4.69) is 0 Å². The highest BCUT2D eigenvalue weighted by Gasteiger charge is 2.36. The third-order valence-electron chi connectivity index (χ3n) is 4.22. The molecule has 1 atom stereocenters. The van der Waals surface area contributed by atoms with Crippen molar-refractivity contribution in [1.82, 2.24) is 0 Å². The molecular formula is C17H17NO4S. The summed E-state index contributed by atoms with van der Waals surface area (Å²) in [6, 6.07) is 12.3. The number of fused-ring (bicyclic) bond motifs is 2. The summed E-state index contributed by atoms with van der Waals surface area (Å²) in [5.41, 5.74) is 1.82. The Balaban J connectivity index is 1.79. The number of benzene rings is 2. The van der Waals surface area contributed by atoms with Gasteiger partial charge in [0.25, 0.3) is 10.0 Å². The fourth-order valence-corrected chi connectivity index (χ4v) is 4.91. The van der Waals surface area contributed by atoms with Crippen LogP contribution in [0.1, 0.15) is 12.5 Å². The molecule has 2 heterocycles. The molecular weight excluding hydrogens is 314 g/mol. The van der Waals surface area contributed by atoms with Gasteiger partial charge in [0.2, 0.25) is 0 Å². The van der Waals surface area contributed by atoms with Crippen LogP contribution in [0.5, 0.6) is 11.5 Å². The summed E-state index contributed by atoms with van der Waals surface area (Å²) in [5.74, 6) is 1.07. The summed E-state index contributed by atoms with van der Waals surface area (Å²) in [6.45, 7) is 2.84. The SMILES string of the molecule is CC1Cc2ccccc2N1S(=O)(=O)c1ccc2c(c1)OCCO2. The molecule has 0 saturated heterocycles. The van der Waals surface area contributed by atoms with Gasteiger partial charge in [-0.15, -0.1) is 0 Å². The molecule has 0 saturated carbocycles. The molecule has 2 aromatic carbocycles. The maximum absolute atomic E-state index is 13.1. The number of rotatable bonds is 2. The molecule has 0 aromatic heterocycles. The highest BCUT2D eigenvalue weighted by Crippen LogP contribution is 2.39. The van der Waals surface area contributed by atoms with Crippen LogP contribution in [0.4, 0.5) is 5.69 Å². The highest BCUT2D eigenvalue weighted by molar-refractivity contribution is 7.92. The van der Waals surface area contributed by atoms with Crippen molar-refractivity contribution in [2.75, 3.05) is 17.5 Å². The lowest BCUT2D eigenvalue weighted by atomic mass is 10.1. The van der Waals surface area contributed by atoms with E-state index >= 15 is 0 Å². The molecule has 2 aromatic rings. The number of nitrogens with zero attached hydrogens (tertiary/aromatic N) is 1. The van der Waals surface area contributed by atoms with Gasteiger partial charge in [-0.3, -0.25) is 4.31 Å². The predicted molar refractivity (Wildman–Crippen MR) is 86.7 cm³/mol. The lowest BCUT2D eigenvalue weighted by molar-refractivity contribution is 0.171. The van der Waals surface area contributed by atoms with Crippen molar-refractivity contribution < 1.29 is 17.9 Å². The van der Waals surface area contributed by atoms with Gasteiger partial charge >= 0.3 is 0 Å². The molecule has 2 aliphatic rings. The van der Waals surface area contributed by atoms with Crippen LogP contribution in [-0.2, 0) is 16.4 Å². The summed E-state index contributed by atoms with van der Waals surface area (Å²) in [7, 11) is -3.64. The first-order valence-corrected chi connectivity index (χ1v) is 9.03. The van der Waals surface area contributed by atoms with Crippen LogP contribution in [0.2, 0.25) is 0 Å². The predicted octanol–water partition coefficient (Wildman–Crippen LogP) is 2.60. The molecule has 0 bridgehead atoms. The summed E-state index contributed by atoms with van der Waals surface area (Å²) in [5, 5.41) is 0. The van der Waals surface area contributed by atoms with Crippen LogP contribution < -0.4 is 13.8 Å². The summed E-state index contributed by atoms with van der Waals surface area (Å²) in [4.78, 5) is 0.227. The first kappa shape index (κ1) is 14.4. The zero-order chi connectivity index (χ0) is 16.0. The lowest BCUT2D eigenvalue weighted by Crippen LogP contribution is -2.35. The van der Waals surface area contributed by atoms with Gasteiger partial charge in [-0.05, 0) is 37.1 Å². The maximum atomic E-state index is 13.1. The third kappa shape index (κ3) is 2.25. The van der Waals surface area contributed by atoms with Crippen LogP contribution in [0.25, 0.3) is 0 Å². The first-order chi connectivity index (χ1) is 11.1. The average Bonchev–Trinajstić information content (AvgIpc) is 2.90. The molecule has 0 N–H and O–H groups in total. The Kier molecular flexibility index (Phi) is 3.23. The number of anilines is 1. The number of ether oxygens (including phenoxy) is 2. The van der Waals surface area contributed by atoms with Gasteiger partial charge in [-0.2, -0.15) is 0 Å². The molecule has 1 unspecified atom stereocenters. The van der Waals surface area contributed by atoms with Gasteiger partial charge in [-0.25, -0.2) is 8.42 Å². The molecule has 4 rings (SSSR count). The minimum atomic E-state index is -3.64. The van der Waals surface area contributed by atoms with E-state index in [1.807, 2.05) is 31.2 Å². The molecule has 0 amide bonds. The Morgan fingerprint density at radius 2 is 1.78 bits per heavy atom. The molecule has 0 radical (unpaired) electrons. The van der Waals surface area contributed by atoms with Crippen molar-refractivity contribution >= 4 is 15.7 Å². The molecule has 0 fully saturated rings. The maximum Gasteiger partial charge on any atom is 0.264 e. The van der Waals surface area contributed by atoms with Crippen molar-refractivity contribution in [3.8, 4) is 11.5 Å². The fraction of sp³-hybridized carbons (Fsp3) is 0.294. The Hall–Kier alpha value is -2.21. The summed E-state index contributed by atoms with van der Waals surface area (Å²) in [6.07, 6.45) is 0.722. The number of hydrogen-bond donors (Lipinski definition) is 0. The second-order valence-electron chi connectivity index (χ2n) is 5.79. The average molecular weight is 331 g/mol. The third-order valence-corrected chi connectivity index (χ3v) is 6.14. The van der Waals surface area contributed by atoms with Crippen LogP contribution >= 0.6 is 0 Å². The molecule has 0 aliphatic carbocycles. The first-order valence-electron chi connectivity index (χ1n) is 7.59. The van der Waals surface area contributed by atoms with E-state index in [1.54, 1.807) is 18.2 Å². The van der Waals surface area contributed by atoms with Crippen molar-refractivity contribution in [2.45, 2.75) is 24.3 Å². The minimum absolute atomic E-state index is 0.106. The van der Waals surface area contributed by atoms with E-state index in [9.17, 15) is 8.42 Å². The Labute approximate surface area is 135 Å². The molecule has 2 aliphatic heterocycles. The van der Waals surface area contributed by atoms with E-state index in [0.717, 1.165) is 17.7 Å². The second kappa shape index (κ2) is 5.16. The fourth-order valence-electron chi connectivity index (χ4n) is 3.20. The van der Waals surface area contributed by atoms with Gasteiger partial charge < -0.3 is 9.47 Å². The molecule has 0 spiro atoms. The van der Waals surface area contributed by atoms with Crippen molar-refractivity contribution in [3.63, 3.8) is 0 Å². The molecule has 5 nitrogen and oxygen atoms in total. The van der Waals surface area contributed by atoms with Crippen LogP contribution in [0.15, 0.2) is 47.4 Å². The standard InChI is InChI=1S/C17H17NO4S/c1-12-10-13-4-2-3-5-15(13)18(12)23(19,20)14-6-7-16-17(11-14)22-9-8-21-16/h2-7,11-12H,8-10H2,1H3. The molecule has 120 valence electrons. The van der Waals surface area contributed by atoms with Gasteiger partial charge in [0.05, 0.1) is 10.6 Å². The monoisotopic (exact) mass is 331 g/mol. The van der Waals surface area contributed by atoms with Gasteiger partial charge in [0, 0.05) is 12.1 Å². The van der Waals surface area contributed by atoms with E-state index in [-0.39, 0.29) is 10.9 Å². The topological polar surface area (TPSA) is 55.8 Å².